The largest absolute Gasteiger partial charge is 0.433 e. The van der Waals surface area contributed by atoms with Crippen LogP contribution in [0.4, 0.5) is 40.3 Å². The van der Waals surface area contributed by atoms with E-state index in [1.54, 1.807) is 31.4 Å². The number of benzene rings is 2. The van der Waals surface area contributed by atoms with Crippen LogP contribution in [0.2, 0.25) is 0 Å². The molecular weight excluding hydrogens is 925 g/mol. The van der Waals surface area contributed by atoms with Crippen LogP contribution in [-0.2, 0) is 31.8 Å². The Morgan fingerprint density at radius 2 is 1.24 bits per heavy atom. The van der Waals surface area contributed by atoms with E-state index in [0.717, 1.165) is 24.5 Å². The Kier molecular flexibility index (Phi) is 16.7. The molecule has 22 heteroatoms. The topological polar surface area (TPSA) is 141 Å². The highest BCUT2D eigenvalue weighted by Crippen LogP contribution is 2.33. The van der Waals surface area contributed by atoms with E-state index in [9.17, 15) is 48.3 Å². The van der Waals surface area contributed by atoms with E-state index in [1.807, 2.05) is 0 Å². The predicted molar refractivity (Wildman–Crippen MR) is 217 cm³/mol. The Hall–Kier alpha value is -4.25. The second-order valence-electron chi connectivity index (χ2n) is 12.1. The van der Waals surface area contributed by atoms with Gasteiger partial charge in [0.05, 0.1) is 41.0 Å². The van der Waals surface area contributed by atoms with Crippen molar-refractivity contribution < 1.29 is 48.3 Å². The highest BCUT2D eigenvalue weighted by molar-refractivity contribution is 9.09. The first-order chi connectivity index (χ1) is 26.8. The summed E-state index contributed by atoms with van der Waals surface area (Å²) in [7, 11) is -5.62. The van der Waals surface area contributed by atoms with Gasteiger partial charge in [0.1, 0.15) is 23.0 Å². The van der Waals surface area contributed by atoms with Crippen LogP contribution in [0.25, 0.3) is 11.3 Å². The first-order valence-corrected chi connectivity index (χ1v) is 22.6. The zero-order chi connectivity index (χ0) is 43.6. The molecule has 0 aliphatic carbocycles. The summed E-state index contributed by atoms with van der Waals surface area (Å²) in [5.41, 5.74) is 5.75. The van der Waals surface area contributed by atoms with Gasteiger partial charge in [-0.25, -0.2) is 22.2 Å². The van der Waals surface area contributed by atoms with E-state index in [0.29, 0.717) is 27.9 Å². The monoisotopic (exact) mass is 956 g/mol. The third kappa shape index (κ3) is 14.2. The zero-order valence-corrected chi connectivity index (χ0v) is 35.4. The number of thiocarbonyl (C=S) groups is 1. The summed E-state index contributed by atoms with van der Waals surface area (Å²) in [6.45, 7) is 3.18. The molecule has 0 saturated heterocycles. The number of nitrogens with two attached hydrogens (primary N) is 1. The molecule has 2 N–H and O–H groups in total. The van der Waals surface area contributed by atoms with Crippen LogP contribution in [-0.4, -0.2) is 52.1 Å². The average molecular weight is 958 g/mol. The van der Waals surface area contributed by atoms with Gasteiger partial charge in [0, 0.05) is 41.4 Å². The summed E-state index contributed by atoms with van der Waals surface area (Å²) >= 11 is 8.76. The first kappa shape index (κ1) is 48.1. The average Bonchev–Trinajstić information content (AvgIpc) is 3.61. The van der Waals surface area contributed by atoms with Crippen molar-refractivity contribution in [2.24, 2.45) is 14.5 Å². The number of carbonyl (C=O) groups is 1. The number of pyridine rings is 2. The van der Waals surface area contributed by atoms with E-state index in [2.05, 4.69) is 51.8 Å². The minimum absolute atomic E-state index is 0.0370. The van der Waals surface area contributed by atoms with Crippen molar-refractivity contribution in [1.82, 2.24) is 15.0 Å². The molecule has 4 unspecified atom stereocenters. The van der Waals surface area contributed by atoms with Crippen LogP contribution >= 0.6 is 39.5 Å². The molecule has 3 aromatic heterocycles. The summed E-state index contributed by atoms with van der Waals surface area (Å²) in [6.07, 6.45) is -4.16. The number of hydrogen-bond acceptors (Lipinski definition) is 9. The lowest BCUT2D eigenvalue weighted by Gasteiger charge is -2.14. The maximum atomic E-state index is 13.0. The second kappa shape index (κ2) is 20.1. The number of rotatable bonds is 8. The molecule has 0 aliphatic heterocycles. The van der Waals surface area contributed by atoms with Crippen molar-refractivity contribution >= 4 is 75.0 Å². The van der Waals surface area contributed by atoms with Crippen LogP contribution in [0.15, 0.2) is 99.3 Å². The molecule has 0 radical (unpaired) electrons. The maximum Gasteiger partial charge on any atom is 0.433 e. The normalized spacial score (nSPS) is 14.5. The summed E-state index contributed by atoms with van der Waals surface area (Å²) in [4.78, 5) is 22.0. The quantitative estimate of drug-likeness (QED) is 0.0702. The highest BCUT2D eigenvalue weighted by Gasteiger charge is 2.33. The van der Waals surface area contributed by atoms with E-state index in [1.165, 1.54) is 72.4 Å². The molecule has 0 saturated carbocycles. The number of thiazole rings is 1. The summed E-state index contributed by atoms with van der Waals surface area (Å²) < 4.78 is 133. The standard InChI is InChI=1S/C18H15F4N3OS2.C10H12F3N3OS2.C8H6BrFO/c1-11(13-5-8-16(23-9-13)18(20,21)22)28(2,26)25-17-24-15(10-27-17)12-3-6-14(19)7-4-12;1-6(19(2,17)16-9(14)18)7-3-4-8(15-5-7)10(11,12)13;9-5-8(11)6-1-3-7(10)4-2-6/h3-11H,1-2H3;3-6H,1-2H3,(H2,14,18);1-4H,5H2. The van der Waals surface area contributed by atoms with E-state index < -0.39 is 53.7 Å². The van der Waals surface area contributed by atoms with Crippen molar-refractivity contribution in [2.75, 3.05) is 17.8 Å². The molecule has 3 heterocycles. The molecule has 0 bridgehead atoms. The molecular formula is C36H33BrF8N6O3S4. The highest BCUT2D eigenvalue weighted by atomic mass is 79.9. The van der Waals surface area contributed by atoms with E-state index in [4.69, 9.17) is 5.73 Å². The van der Waals surface area contributed by atoms with Crippen molar-refractivity contribution in [1.29, 1.82) is 0 Å². The van der Waals surface area contributed by atoms with Gasteiger partial charge in [-0.05, 0) is 97.9 Å². The van der Waals surface area contributed by atoms with Gasteiger partial charge in [-0.3, -0.25) is 14.8 Å². The lowest BCUT2D eigenvalue weighted by molar-refractivity contribution is -0.142. The van der Waals surface area contributed by atoms with Gasteiger partial charge in [-0.2, -0.15) is 35.1 Å². The minimum Gasteiger partial charge on any atom is -0.374 e. The van der Waals surface area contributed by atoms with E-state index in [-0.39, 0.29) is 33.0 Å². The Morgan fingerprint density at radius 3 is 1.64 bits per heavy atom. The number of Topliss-reactive ketones (excluding diaryl/α,β-unsaturated/α-hetero) is 1. The van der Waals surface area contributed by atoms with Gasteiger partial charge in [0.25, 0.3) is 0 Å². The lowest BCUT2D eigenvalue weighted by Crippen LogP contribution is -2.14. The van der Waals surface area contributed by atoms with Gasteiger partial charge in [-0.15, -0.1) is 11.3 Å². The molecule has 58 heavy (non-hydrogen) atoms. The minimum atomic E-state index is -4.53. The molecule has 0 fully saturated rings. The zero-order valence-electron chi connectivity index (χ0n) is 30.6. The van der Waals surface area contributed by atoms with Crippen LogP contribution in [0.3, 0.4) is 0 Å². The molecule has 312 valence electrons. The predicted octanol–water partition coefficient (Wildman–Crippen LogP) is 10.8. The fourth-order valence-corrected chi connectivity index (χ4v) is 8.65. The summed E-state index contributed by atoms with van der Waals surface area (Å²) in [5, 5.41) is 0.729. The maximum absolute atomic E-state index is 13.0. The Bertz CT molecular complexity index is 2430. The summed E-state index contributed by atoms with van der Waals surface area (Å²) in [5.74, 6) is -0.722. The molecule has 0 spiro atoms. The molecule has 5 aromatic rings. The molecule has 0 aliphatic rings. The Balaban J connectivity index is 0.000000258. The molecule has 0 amide bonds. The van der Waals surface area contributed by atoms with Crippen molar-refractivity contribution in [3.8, 4) is 11.3 Å². The van der Waals surface area contributed by atoms with Crippen molar-refractivity contribution in [3.63, 3.8) is 0 Å². The molecule has 9 nitrogen and oxygen atoms in total. The Morgan fingerprint density at radius 1 is 0.793 bits per heavy atom. The number of ketones is 1. The number of carbonyl (C=O) groups excluding carboxylic acids is 1. The third-order valence-electron chi connectivity index (χ3n) is 7.85. The van der Waals surface area contributed by atoms with E-state index >= 15 is 0 Å². The SMILES string of the molecule is CC(c1ccc(C(F)(F)F)nc1)S(C)(=O)=NC(N)=S.CC(c1ccc(C(F)(F)F)nc1)S(C)(=O)=Nc1nc(-c2ccc(F)cc2)cs1.O=C(CBr)c1ccc(F)cc1. The molecule has 4 atom stereocenters. The smallest absolute Gasteiger partial charge is 0.374 e. The summed E-state index contributed by atoms with van der Waals surface area (Å²) in [6, 6.07) is 15.4. The number of alkyl halides is 7. The number of halogens is 9. The van der Waals surface area contributed by atoms with Crippen LogP contribution in [0.1, 0.15) is 57.2 Å². The number of nitrogens with zero attached hydrogens (tertiary/aromatic N) is 5. The fourth-order valence-electron chi connectivity index (χ4n) is 4.40. The van der Waals surface area contributed by atoms with Crippen LogP contribution in [0.5, 0.6) is 0 Å². The van der Waals surface area contributed by atoms with Gasteiger partial charge < -0.3 is 5.73 Å². The van der Waals surface area contributed by atoms with Crippen LogP contribution < -0.4 is 5.73 Å². The molecule has 2 aromatic carbocycles. The number of aromatic nitrogens is 3. The van der Waals surface area contributed by atoms with Crippen molar-refractivity contribution in [3.05, 3.63) is 130 Å². The number of hydrogen-bond donors (Lipinski definition) is 1. The van der Waals surface area contributed by atoms with Gasteiger partial charge in [-0.1, -0.05) is 28.1 Å². The Labute approximate surface area is 347 Å². The van der Waals surface area contributed by atoms with Gasteiger partial charge >= 0.3 is 12.4 Å². The lowest BCUT2D eigenvalue weighted by atomic mass is 10.1. The first-order valence-electron chi connectivity index (χ1n) is 16.2. The van der Waals surface area contributed by atoms with Gasteiger partial charge in [0.15, 0.2) is 10.9 Å². The van der Waals surface area contributed by atoms with Crippen molar-refractivity contribution in [2.45, 2.75) is 36.7 Å². The molecule has 5 rings (SSSR count). The fraction of sp³-hybridized carbons (Fsp3) is 0.250. The third-order valence-corrected chi connectivity index (χ3v) is 13.7. The van der Waals surface area contributed by atoms with Gasteiger partial charge in [0.2, 0.25) is 5.13 Å². The van der Waals surface area contributed by atoms with Crippen LogP contribution in [0, 0.1) is 11.6 Å². The second-order valence-corrected chi connectivity index (χ2v) is 19.1.